The molecule has 1 aliphatic rings. The maximum atomic E-state index is 12.3. The van der Waals surface area contributed by atoms with Gasteiger partial charge in [0, 0.05) is 13.2 Å². The summed E-state index contributed by atoms with van der Waals surface area (Å²) in [4.78, 5) is 23.8. The number of piperidine rings is 1. The van der Waals surface area contributed by atoms with Gasteiger partial charge in [-0.2, -0.15) is 0 Å². The molecular formula is C13H25N3O3. The fourth-order valence-corrected chi connectivity index (χ4v) is 2.34. The Hall–Kier alpha value is -1.14. The highest BCUT2D eigenvalue weighted by Gasteiger charge is 2.39. The third-order valence-electron chi connectivity index (χ3n) is 3.32. The van der Waals surface area contributed by atoms with Gasteiger partial charge in [0.25, 0.3) is 0 Å². The lowest BCUT2D eigenvalue weighted by atomic mass is 9.78. The number of methoxy groups -OCH3 is 1. The van der Waals surface area contributed by atoms with Crippen molar-refractivity contribution in [3.05, 3.63) is 0 Å². The van der Waals surface area contributed by atoms with Crippen molar-refractivity contribution in [1.29, 1.82) is 0 Å². The van der Waals surface area contributed by atoms with E-state index in [4.69, 9.17) is 4.74 Å². The SMILES string of the molecule is COCC1(C(=O)NCC(=O)NC(C)C)CCNCC1. The first-order valence-corrected chi connectivity index (χ1v) is 6.77. The minimum Gasteiger partial charge on any atom is -0.384 e. The average molecular weight is 271 g/mol. The molecule has 1 rings (SSSR count). The van der Waals surface area contributed by atoms with Crippen LogP contribution in [0.15, 0.2) is 0 Å². The van der Waals surface area contributed by atoms with Gasteiger partial charge in [-0.05, 0) is 39.8 Å². The van der Waals surface area contributed by atoms with E-state index >= 15 is 0 Å². The van der Waals surface area contributed by atoms with Gasteiger partial charge in [-0.3, -0.25) is 9.59 Å². The molecule has 0 unspecified atom stereocenters. The lowest BCUT2D eigenvalue weighted by molar-refractivity contribution is -0.137. The highest BCUT2D eigenvalue weighted by atomic mass is 16.5. The Kier molecular flexibility index (Phi) is 6.24. The van der Waals surface area contributed by atoms with Crippen LogP contribution in [-0.4, -0.2) is 51.2 Å². The third kappa shape index (κ3) is 4.80. The molecule has 0 radical (unpaired) electrons. The summed E-state index contributed by atoms with van der Waals surface area (Å²) in [5.41, 5.74) is -0.502. The van der Waals surface area contributed by atoms with Gasteiger partial charge in [-0.15, -0.1) is 0 Å². The molecule has 110 valence electrons. The molecule has 0 bridgehead atoms. The monoisotopic (exact) mass is 271 g/mol. The molecule has 0 aromatic carbocycles. The van der Waals surface area contributed by atoms with E-state index in [1.54, 1.807) is 7.11 Å². The van der Waals surface area contributed by atoms with E-state index < -0.39 is 5.41 Å². The second-order valence-corrected chi connectivity index (χ2v) is 5.37. The molecule has 0 aromatic rings. The van der Waals surface area contributed by atoms with E-state index in [0.717, 1.165) is 25.9 Å². The molecular weight excluding hydrogens is 246 g/mol. The van der Waals surface area contributed by atoms with Crippen molar-refractivity contribution in [1.82, 2.24) is 16.0 Å². The number of rotatable bonds is 6. The van der Waals surface area contributed by atoms with Gasteiger partial charge in [0.05, 0.1) is 18.6 Å². The van der Waals surface area contributed by atoms with Crippen LogP contribution in [-0.2, 0) is 14.3 Å². The summed E-state index contributed by atoms with van der Waals surface area (Å²) in [6, 6.07) is 0.0798. The van der Waals surface area contributed by atoms with Gasteiger partial charge < -0.3 is 20.7 Å². The first kappa shape index (κ1) is 15.9. The highest BCUT2D eigenvalue weighted by Crippen LogP contribution is 2.29. The minimum absolute atomic E-state index is 0.0237. The van der Waals surface area contributed by atoms with Crippen molar-refractivity contribution in [2.75, 3.05) is 33.4 Å². The number of hydrogen-bond donors (Lipinski definition) is 3. The van der Waals surface area contributed by atoms with Crippen molar-refractivity contribution in [2.24, 2.45) is 5.41 Å². The summed E-state index contributed by atoms with van der Waals surface area (Å²) in [6.45, 7) is 5.80. The molecule has 1 fully saturated rings. The molecule has 19 heavy (non-hydrogen) atoms. The molecule has 0 aliphatic carbocycles. The molecule has 0 saturated carbocycles. The normalized spacial score (nSPS) is 18.1. The van der Waals surface area contributed by atoms with Crippen LogP contribution in [0.2, 0.25) is 0 Å². The second kappa shape index (κ2) is 7.45. The molecule has 0 aromatic heterocycles. The molecule has 1 aliphatic heterocycles. The van der Waals surface area contributed by atoms with Gasteiger partial charge in [0.15, 0.2) is 0 Å². The average Bonchev–Trinajstić information content (AvgIpc) is 2.36. The summed E-state index contributed by atoms with van der Waals surface area (Å²) in [5, 5.41) is 8.70. The smallest absolute Gasteiger partial charge is 0.239 e. The fraction of sp³-hybridized carbons (Fsp3) is 0.846. The van der Waals surface area contributed by atoms with E-state index in [1.165, 1.54) is 0 Å². The van der Waals surface area contributed by atoms with Crippen LogP contribution in [0, 0.1) is 5.41 Å². The fourth-order valence-electron chi connectivity index (χ4n) is 2.34. The minimum atomic E-state index is -0.502. The maximum Gasteiger partial charge on any atom is 0.239 e. The van der Waals surface area contributed by atoms with Gasteiger partial charge >= 0.3 is 0 Å². The lowest BCUT2D eigenvalue weighted by Crippen LogP contribution is -2.52. The van der Waals surface area contributed by atoms with Gasteiger partial charge in [0.1, 0.15) is 0 Å². The molecule has 2 amide bonds. The summed E-state index contributed by atoms with van der Waals surface area (Å²) in [7, 11) is 1.60. The molecule has 6 nitrogen and oxygen atoms in total. The molecule has 3 N–H and O–H groups in total. The largest absolute Gasteiger partial charge is 0.384 e. The van der Waals surface area contributed by atoms with Crippen LogP contribution in [0.25, 0.3) is 0 Å². The van der Waals surface area contributed by atoms with Crippen LogP contribution >= 0.6 is 0 Å². The number of carbonyl (C=O) groups is 2. The van der Waals surface area contributed by atoms with Crippen LogP contribution in [0.1, 0.15) is 26.7 Å². The van der Waals surface area contributed by atoms with E-state index in [0.29, 0.717) is 6.61 Å². The molecule has 0 atom stereocenters. The number of amides is 2. The Balaban J connectivity index is 2.50. The zero-order chi connectivity index (χ0) is 14.3. The zero-order valence-electron chi connectivity index (χ0n) is 12.0. The zero-order valence-corrected chi connectivity index (χ0v) is 12.0. The summed E-state index contributed by atoms with van der Waals surface area (Å²) < 4.78 is 5.19. The Labute approximate surface area is 114 Å². The van der Waals surface area contributed by atoms with E-state index in [9.17, 15) is 9.59 Å². The van der Waals surface area contributed by atoms with E-state index in [-0.39, 0.29) is 24.4 Å². The predicted molar refractivity (Wildman–Crippen MR) is 72.7 cm³/mol. The first-order valence-electron chi connectivity index (χ1n) is 6.77. The number of nitrogens with one attached hydrogen (secondary N) is 3. The molecule has 1 saturated heterocycles. The Bertz CT molecular complexity index is 307. The Morgan fingerprint density at radius 2 is 1.95 bits per heavy atom. The van der Waals surface area contributed by atoms with Gasteiger partial charge in [-0.1, -0.05) is 0 Å². The van der Waals surface area contributed by atoms with Crippen molar-refractivity contribution < 1.29 is 14.3 Å². The van der Waals surface area contributed by atoms with Crippen LogP contribution in [0.4, 0.5) is 0 Å². The van der Waals surface area contributed by atoms with E-state index in [2.05, 4.69) is 16.0 Å². The lowest BCUT2D eigenvalue weighted by Gasteiger charge is -2.35. The summed E-state index contributed by atoms with van der Waals surface area (Å²) in [5.74, 6) is -0.250. The first-order chi connectivity index (χ1) is 9.00. The van der Waals surface area contributed by atoms with Crippen molar-refractivity contribution >= 4 is 11.8 Å². The van der Waals surface area contributed by atoms with Crippen molar-refractivity contribution in [2.45, 2.75) is 32.7 Å². The Morgan fingerprint density at radius 1 is 1.32 bits per heavy atom. The molecule has 6 heteroatoms. The highest BCUT2D eigenvalue weighted by molar-refractivity contribution is 5.88. The standard InChI is InChI=1S/C13H25N3O3/c1-10(2)16-11(17)8-15-12(18)13(9-19-3)4-6-14-7-5-13/h10,14H,4-9H2,1-3H3,(H,15,18)(H,16,17). The van der Waals surface area contributed by atoms with Crippen molar-refractivity contribution in [3.8, 4) is 0 Å². The quantitative estimate of drug-likeness (QED) is 0.616. The number of ether oxygens (including phenoxy) is 1. The second-order valence-electron chi connectivity index (χ2n) is 5.37. The summed E-state index contributed by atoms with van der Waals surface area (Å²) >= 11 is 0. The van der Waals surface area contributed by atoms with E-state index in [1.807, 2.05) is 13.8 Å². The van der Waals surface area contributed by atoms with Crippen molar-refractivity contribution in [3.63, 3.8) is 0 Å². The third-order valence-corrected chi connectivity index (χ3v) is 3.32. The maximum absolute atomic E-state index is 12.3. The van der Waals surface area contributed by atoms with Crippen LogP contribution < -0.4 is 16.0 Å². The topological polar surface area (TPSA) is 79.5 Å². The van der Waals surface area contributed by atoms with Crippen LogP contribution in [0.5, 0.6) is 0 Å². The number of carbonyl (C=O) groups excluding carboxylic acids is 2. The predicted octanol–water partition coefficient (Wildman–Crippen LogP) is -0.357. The van der Waals surface area contributed by atoms with Crippen LogP contribution in [0.3, 0.4) is 0 Å². The molecule has 1 heterocycles. The van der Waals surface area contributed by atoms with Gasteiger partial charge in [-0.25, -0.2) is 0 Å². The molecule has 0 spiro atoms. The van der Waals surface area contributed by atoms with Gasteiger partial charge in [0.2, 0.25) is 11.8 Å². The summed E-state index contributed by atoms with van der Waals surface area (Å²) in [6.07, 6.45) is 1.47. The number of hydrogen-bond acceptors (Lipinski definition) is 4. The Morgan fingerprint density at radius 3 is 2.47 bits per heavy atom.